The summed E-state index contributed by atoms with van der Waals surface area (Å²) in [7, 11) is 1.97. The Hall–Kier alpha value is -0.980. The van der Waals surface area contributed by atoms with Gasteiger partial charge in [-0.3, -0.25) is 15.1 Å². The predicted octanol–water partition coefficient (Wildman–Crippen LogP) is 0.509. The largest absolute Gasteiger partial charge is 0.300 e. The van der Waals surface area contributed by atoms with Crippen molar-refractivity contribution in [3.05, 3.63) is 16.1 Å². The van der Waals surface area contributed by atoms with E-state index in [0.29, 0.717) is 6.54 Å². The molecule has 6 heteroatoms. The molecule has 1 amide bonds. The van der Waals surface area contributed by atoms with Gasteiger partial charge >= 0.3 is 0 Å². The fourth-order valence-electron chi connectivity index (χ4n) is 1.51. The van der Waals surface area contributed by atoms with Gasteiger partial charge in [0.15, 0.2) is 0 Å². The van der Waals surface area contributed by atoms with Crippen LogP contribution in [0, 0.1) is 12.8 Å². The molecule has 0 saturated heterocycles. The molecule has 0 aliphatic heterocycles. The standard InChI is InChI=1S/C10H18N4OS/c1-7(10(15)13-11)4-14(3)5-9-6-16-8(2)12-9/h6-7H,4-5,11H2,1-3H3,(H,13,15). The molecule has 1 rings (SSSR count). The number of nitrogens with two attached hydrogens (primary N) is 1. The molecule has 3 N–H and O–H groups in total. The van der Waals surface area contributed by atoms with E-state index >= 15 is 0 Å². The highest BCUT2D eigenvalue weighted by atomic mass is 32.1. The Kier molecular flexibility index (Phi) is 4.85. The minimum atomic E-state index is -0.138. The van der Waals surface area contributed by atoms with E-state index in [1.165, 1.54) is 0 Å². The fraction of sp³-hybridized carbons (Fsp3) is 0.600. The van der Waals surface area contributed by atoms with Gasteiger partial charge in [-0.25, -0.2) is 10.8 Å². The first-order valence-corrected chi connectivity index (χ1v) is 6.01. The van der Waals surface area contributed by atoms with Crippen LogP contribution in [-0.4, -0.2) is 29.4 Å². The number of thiazole rings is 1. The lowest BCUT2D eigenvalue weighted by molar-refractivity contribution is -0.125. The van der Waals surface area contributed by atoms with Crippen molar-refractivity contribution in [2.45, 2.75) is 20.4 Å². The number of rotatable bonds is 5. The van der Waals surface area contributed by atoms with E-state index in [0.717, 1.165) is 17.2 Å². The van der Waals surface area contributed by atoms with Gasteiger partial charge in [0, 0.05) is 24.4 Å². The van der Waals surface area contributed by atoms with Gasteiger partial charge in [0.1, 0.15) is 0 Å². The average molecular weight is 242 g/mol. The predicted molar refractivity (Wildman–Crippen MR) is 64.7 cm³/mol. The third-order valence-corrected chi connectivity index (χ3v) is 3.10. The van der Waals surface area contributed by atoms with Gasteiger partial charge in [-0.1, -0.05) is 6.92 Å². The third kappa shape index (κ3) is 3.88. The van der Waals surface area contributed by atoms with Gasteiger partial charge in [0.25, 0.3) is 0 Å². The number of nitrogens with zero attached hydrogens (tertiary/aromatic N) is 2. The number of nitrogens with one attached hydrogen (secondary N) is 1. The highest BCUT2D eigenvalue weighted by Crippen LogP contribution is 2.10. The number of amides is 1. The van der Waals surface area contributed by atoms with Crippen LogP contribution in [0.5, 0.6) is 0 Å². The van der Waals surface area contributed by atoms with Crippen molar-refractivity contribution >= 4 is 17.2 Å². The van der Waals surface area contributed by atoms with Crippen LogP contribution in [0.2, 0.25) is 0 Å². The molecule has 0 aliphatic rings. The van der Waals surface area contributed by atoms with Crippen LogP contribution in [0.4, 0.5) is 0 Å². The van der Waals surface area contributed by atoms with E-state index in [4.69, 9.17) is 5.84 Å². The Labute approximate surface area is 99.6 Å². The molecule has 0 aliphatic carbocycles. The maximum absolute atomic E-state index is 11.2. The summed E-state index contributed by atoms with van der Waals surface area (Å²) in [5.74, 6) is 4.82. The van der Waals surface area contributed by atoms with Crippen LogP contribution < -0.4 is 11.3 Å². The molecule has 16 heavy (non-hydrogen) atoms. The van der Waals surface area contributed by atoms with E-state index in [9.17, 15) is 4.79 Å². The molecular weight excluding hydrogens is 224 g/mol. The van der Waals surface area contributed by atoms with Crippen molar-refractivity contribution in [1.82, 2.24) is 15.3 Å². The van der Waals surface area contributed by atoms with Crippen LogP contribution in [0.15, 0.2) is 5.38 Å². The molecule has 0 fully saturated rings. The van der Waals surface area contributed by atoms with E-state index in [1.54, 1.807) is 11.3 Å². The van der Waals surface area contributed by atoms with Gasteiger partial charge in [-0.15, -0.1) is 11.3 Å². The van der Waals surface area contributed by atoms with Crippen molar-refractivity contribution in [1.29, 1.82) is 0 Å². The van der Waals surface area contributed by atoms with E-state index in [2.05, 4.69) is 15.3 Å². The SMILES string of the molecule is Cc1nc(CN(C)CC(C)C(=O)NN)cs1. The number of aryl methyl sites for hydroxylation is 1. The molecule has 1 aromatic rings. The van der Waals surface area contributed by atoms with Crippen LogP contribution in [0.1, 0.15) is 17.6 Å². The molecule has 0 spiro atoms. The van der Waals surface area contributed by atoms with Crippen LogP contribution in [-0.2, 0) is 11.3 Å². The van der Waals surface area contributed by atoms with Crippen molar-refractivity contribution in [3.63, 3.8) is 0 Å². The monoisotopic (exact) mass is 242 g/mol. The lowest BCUT2D eigenvalue weighted by Crippen LogP contribution is -2.39. The minimum Gasteiger partial charge on any atom is -0.300 e. The van der Waals surface area contributed by atoms with Crippen LogP contribution in [0.25, 0.3) is 0 Å². The summed E-state index contributed by atoms with van der Waals surface area (Å²) >= 11 is 1.64. The summed E-state index contributed by atoms with van der Waals surface area (Å²) in [4.78, 5) is 17.7. The quantitative estimate of drug-likeness (QED) is 0.448. The zero-order chi connectivity index (χ0) is 12.1. The van der Waals surface area contributed by atoms with Crippen molar-refractivity contribution < 1.29 is 4.79 Å². The molecule has 0 bridgehead atoms. The first kappa shape index (κ1) is 13.1. The summed E-state index contributed by atoms with van der Waals surface area (Å²) in [6.07, 6.45) is 0. The normalized spacial score (nSPS) is 12.8. The van der Waals surface area contributed by atoms with E-state index < -0.39 is 0 Å². The van der Waals surface area contributed by atoms with Gasteiger partial charge < -0.3 is 0 Å². The number of carbonyl (C=O) groups is 1. The third-order valence-electron chi connectivity index (χ3n) is 2.27. The smallest absolute Gasteiger partial charge is 0.237 e. The van der Waals surface area contributed by atoms with Gasteiger partial charge in [-0.2, -0.15) is 0 Å². The summed E-state index contributed by atoms with van der Waals surface area (Å²) in [5, 5.41) is 3.11. The molecule has 90 valence electrons. The lowest BCUT2D eigenvalue weighted by atomic mass is 10.1. The molecule has 1 heterocycles. The molecule has 1 atom stereocenters. The average Bonchev–Trinajstić information content (AvgIpc) is 2.62. The van der Waals surface area contributed by atoms with Gasteiger partial charge in [-0.05, 0) is 14.0 Å². The zero-order valence-electron chi connectivity index (χ0n) is 9.86. The number of hydrogen-bond acceptors (Lipinski definition) is 5. The van der Waals surface area contributed by atoms with Gasteiger partial charge in [0.2, 0.25) is 5.91 Å². The highest BCUT2D eigenvalue weighted by Gasteiger charge is 2.14. The van der Waals surface area contributed by atoms with Gasteiger partial charge in [0.05, 0.1) is 10.7 Å². The lowest BCUT2D eigenvalue weighted by Gasteiger charge is -2.19. The van der Waals surface area contributed by atoms with Crippen LogP contribution in [0.3, 0.4) is 0 Å². The minimum absolute atomic E-state index is 0.116. The Morgan fingerprint density at radius 1 is 1.75 bits per heavy atom. The molecule has 1 aromatic heterocycles. The van der Waals surface area contributed by atoms with Crippen molar-refractivity contribution in [2.24, 2.45) is 11.8 Å². The summed E-state index contributed by atoms with van der Waals surface area (Å²) in [5.41, 5.74) is 3.21. The second-order valence-electron chi connectivity index (χ2n) is 3.96. The second-order valence-corrected chi connectivity index (χ2v) is 5.03. The molecular formula is C10H18N4OS. The zero-order valence-corrected chi connectivity index (χ0v) is 10.7. The first-order valence-electron chi connectivity index (χ1n) is 5.13. The molecule has 0 saturated carbocycles. The number of hydrazine groups is 1. The topological polar surface area (TPSA) is 71.2 Å². The summed E-state index contributed by atoms with van der Waals surface area (Å²) in [6, 6.07) is 0. The second kappa shape index (κ2) is 5.93. The van der Waals surface area contributed by atoms with E-state index in [1.807, 2.05) is 26.3 Å². The van der Waals surface area contributed by atoms with Crippen LogP contribution >= 0.6 is 11.3 Å². The summed E-state index contributed by atoms with van der Waals surface area (Å²) < 4.78 is 0. The fourth-order valence-corrected chi connectivity index (χ4v) is 2.12. The first-order chi connectivity index (χ1) is 7.52. The molecule has 1 unspecified atom stereocenters. The Bertz CT molecular complexity index is 352. The highest BCUT2D eigenvalue weighted by molar-refractivity contribution is 7.09. The Morgan fingerprint density at radius 2 is 2.44 bits per heavy atom. The number of aromatic nitrogens is 1. The Balaban J connectivity index is 2.41. The maximum atomic E-state index is 11.2. The number of hydrogen-bond donors (Lipinski definition) is 2. The van der Waals surface area contributed by atoms with E-state index in [-0.39, 0.29) is 11.8 Å². The Morgan fingerprint density at radius 3 is 2.94 bits per heavy atom. The molecule has 5 nitrogen and oxygen atoms in total. The molecule has 0 radical (unpaired) electrons. The van der Waals surface area contributed by atoms with Crippen molar-refractivity contribution in [2.75, 3.05) is 13.6 Å². The summed E-state index contributed by atoms with van der Waals surface area (Å²) in [6.45, 7) is 5.26. The maximum Gasteiger partial charge on any atom is 0.237 e. The number of carbonyl (C=O) groups excluding carboxylic acids is 1. The molecule has 0 aromatic carbocycles. The van der Waals surface area contributed by atoms with Crippen molar-refractivity contribution in [3.8, 4) is 0 Å².